The van der Waals surface area contributed by atoms with E-state index in [0.717, 1.165) is 11.3 Å². The van der Waals surface area contributed by atoms with E-state index < -0.39 is 19.8 Å². The number of methoxy groups -OCH3 is 1. The predicted molar refractivity (Wildman–Crippen MR) is 288 cm³/mol. The van der Waals surface area contributed by atoms with Crippen LogP contribution < -0.4 is 34.1 Å². The predicted octanol–water partition coefficient (Wildman–Crippen LogP) is 10.8. The van der Waals surface area contributed by atoms with Crippen molar-refractivity contribution >= 4 is 59.4 Å². The van der Waals surface area contributed by atoms with Crippen molar-refractivity contribution in [1.29, 1.82) is 0 Å². The van der Waals surface area contributed by atoms with Crippen LogP contribution in [0.2, 0.25) is 18.6 Å². The summed E-state index contributed by atoms with van der Waals surface area (Å²) >= 11 is 0. The summed E-state index contributed by atoms with van der Waals surface area (Å²) in [4.78, 5) is 50.6. The second-order valence-electron chi connectivity index (χ2n) is 20.1. The van der Waals surface area contributed by atoms with Crippen LogP contribution in [0.25, 0.3) is 0 Å². The van der Waals surface area contributed by atoms with Gasteiger partial charge >= 0.3 is 0 Å². The van der Waals surface area contributed by atoms with Gasteiger partial charge in [0.15, 0.2) is 17.1 Å². The number of hydrogen-bond donors (Lipinski definition) is 1. The summed E-state index contributed by atoms with van der Waals surface area (Å²) in [6, 6.07) is 51.2. The molecule has 1 aromatic heterocycles. The van der Waals surface area contributed by atoms with Gasteiger partial charge in [0.25, 0.3) is 17.7 Å². The number of aliphatic hydroxyl groups is 1. The highest BCUT2D eigenvalue weighted by Crippen LogP contribution is 2.61. The number of nitrogens with zero attached hydrogens (tertiary/aromatic N) is 6. The minimum atomic E-state index is -2.58. The number of amides is 3. The number of aromatic nitrogens is 3. The van der Waals surface area contributed by atoms with E-state index in [1.165, 1.54) is 5.19 Å². The van der Waals surface area contributed by atoms with E-state index in [1.807, 2.05) is 138 Å². The van der Waals surface area contributed by atoms with E-state index in [0.29, 0.717) is 93.2 Å². The molecule has 1 saturated heterocycles. The van der Waals surface area contributed by atoms with Crippen LogP contribution >= 0.6 is 0 Å². The lowest BCUT2D eigenvalue weighted by Gasteiger charge is -2.37. The van der Waals surface area contributed by atoms with E-state index in [9.17, 15) is 14.7 Å². The Morgan fingerprint density at radius 3 is 1.87 bits per heavy atom. The topological polar surface area (TPSA) is 149 Å². The lowest BCUT2D eigenvalue weighted by Crippen LogP contribution is -2.51. The Morgan fingerprint density at radius 2 is 1.25 bits per heavy atom. The molecule has 1 fully saturated rings. The number of carbonyl (C=O) groups is 3. The molecule has 4 atom stereocenters. The van der Waals surface area contributed by atoms with Crippen LogP contribution in [0.4, 0.5) is 28.4 Å². The van der Waals surface area contributed by atoms with Gasteiger partial charge in [-0.1, -0.05) is 103 Å². The molecule has 1 N–H and O–H groups in total. The molecule has 376 valence electrons. The largest absolute Gasteiger partial charge is 0.497 e. The molecule has 0 unspecified atom stereocenters. The van der Waals surface area contributed by atoms with Gasteiger partial charge in [0.1, 0.15) is 17.2 Å². The third-order valence-corrected chi connectivity index (χ3v) is 19.9. The molecule has 0 radical (unpaired) electrons. The SMILES string of the molecule is COc1ccc([Si](C)(C)[C@H]2[C@H](CCn3cc(CCO)nn3)O[C@@]3(C(=O)N(Cc4ccc(N5C(=O)c6ccccc6Oc6ccccc65)cc4)c4ccc(N5C(=O)c6ccccc6Oc6ccccc65)cc43)[C@@H]2C)cc1. The Labute approximate surface area is 435 Å². The molecule has 4 aliphatic rings. The molecule has 3 amide bonds. The van der Waals surface area contributed by atoms with Crippen molar-refractivity contribution < 1.29 is 38.4 Å². The van der Waals surface area contributed by atoms with Gasteiger partial charge in [-0.2, -0.15) is 0 Å². The molecule has 0 saturated carbocycles. The van der Waals surface area contributed by atoms with Gasteiger partial charge in [-0.25, -0.2) is 0 Å². The Kier molecular flexibility index (Phi) is 12.0. The van der Waals surface area contributed by atoms with Crippen molar-refractivity contribution in [3.05, 3.63) is 198 Å². The van der Waals surface area contributed by atoms with Crippen LogP contribution in [0.1, 0.15) is 50.9 Å². The number of hydrogen-bond acceptors (Lipinski definition) is 10. The van der Waals surface area contributed by atoms with Gasteiger partial charge in [-0.15, -0.1) is 5.10 Å². The number of rotatable bonds is 12. The van der Waals surface area contributed by atoms with Crippen LogP contribution in [-0.2, 0) is 34.6 Å². The van der Waals surface area contributed by atoms with Crippen molar-refractivity contribution in [2.24, 2.45) is 5.92 Å². The highest BCUT2D eigenvalue weighted by Gasteiger charge is 2.66. The summed E-state index contributed by atoms with van der Waals surface area (Å²) in [5, 5.41) is 19.5. The first kappa shape index (κ1) is 47.6. The van der Waals surface area contributed by atoms with Crippen LogP contribution in [-0.4, -0.2) is 65.7 Å². The zero-order valence-corrected chi connectivity index (χ0v) is 42.9. The quantitative estimate of drug-likeness (QED) is 0.117. The maximum absolute atomic E-state index is 16.2. The normalized spacial score (nSPS) is 19.6. The lowest BCUT2D eigenvalue weighted by molar-refractivity contribution is -0.146. The Morgan fingerprint density at radius 1 is 0.680 bits per heavy atom. The van der Waals surface area contributed by atoms with Crippen LogP contribution in [0.15, 0.2) is 170 Å². The van der Waals surface area contributed by atoms with E-state index in [2.05, 4.69) is 42.5 Å². The number of anilines is 5. The minimum Gasteiger partial charge on any atom is -0.497 e. The second-order valence-corrected chi connectivity index (χ2v) is 24.8. The molecule has 7 aromatic carbocycles. The number of aryl methyl sites for hydroxylation is 1. The highest BCUT2D eigenvalue weighted by molar-refractivity contribution is 6.91. The number of benzene rings is 7. The van der Waals surface area contributed by atoms with Crippen molar-refractivity contribution in [1.82, 2.24) is 15.0 Å². The number of para-hydroxylation sites is 6. The summed E-state index contributed by atoms with van der Waals surface area (Å²) in [6.07, 6.45) is 2.35. The van der Waals surface area contributed by atoms with Gasteiger partial charge in [-0.3, -0.25) is 28.9 Å². The number of carbonyl (C=O) groups excluding carboxylic acids is 3. The van der Waals surface area contributed by atoms with Crippen molar-refractivity contribution in [3.63, 3.8) is 0 Å². The Bertz CT molecular complexity index is 3530. The fourth-order valence-electron chi connectivity index (χ4n) is 11.9. The maximum Gasteiger partial charge on any atom is 0.266 e. The lowest BCUT2D eigenvalue weighted by atomic mass is 9.82. The molecular formula is C60H54N6O8Si. The average molecular weight is 1020 g/mol. The monoisotopic (exact) mass is 1010 g/mol. The molecule has 1 spiro atoms. The zero-order valence-electron chi connectivity index (χ0n) is 41.9. The molecule has 0 aliphatic carbocycles. The average Bonchev–Trinajstić information content (AvgIpc) is 4.03. The molecule has 5 heterocycles. The number of aliphatic hydroxyl groups excluding tert-OH is 1. The minimum absolute atomic E-state index is 0.0381. The summed E-state index contributed by atoms with van der Waals surface area (Å²) in [7, 11) is -0.918. The molecule has 15 heteroatoms. The fraction of sp³-hybridized carbons (Fsp3) is 0.217. The molecule has 8 aromatic rings. The summed E-state index contributed by atoms with van der Waals surface area (Å²) in [6.45, 7) is 7.46. The Balaban J connectivity index is 0.973. The van der Waals surface area contributed by atoms with Gasteiger partial charge in [0.2, 0.25) is 0 Å². The van der Waals surface area contributed by atoms with Crippen molar-refractivity contribution in [2.75, 3.05) is 28.4 Å². The highest BCUT2D eigenvalue weighted by atomic mass is 28.3. The van der Waals surface area contributed by atoms with E-state index in [-0.39, 0.29) is 42.3 Å². The summed E-state index contributed by atoms with van der Waals surface area (Å²) in [5.41, 5.74) is 4.48. The summed E-state index contributed by atoms with van der Waals surface area (Å²) < 4.78 is 27.7. The molecule has 14 nitrogen and oxygen atoms in total. The van der Waals surface area contributed by atoms with E-state index in [4.69, 9.17) is 18.9 Å². The van der Waals surface area contributed by atoms with Crippen LogP contribution in [0, 0.1) is 5.92 Å². The molecular weight excluding hydrogens is 961 g/mol. The smallest absolute Gasteiger partial charge is 0.266 e. The molecule has 75 heavy (non-hydrogen) atoms. The first-order valence-electron chi connectivity index (χ1n) is 25.3. The second kappa shape index (κ2) is 18.8. The first-order chi connectivity index (χ1) is 36.5. The maximum atomic E-state index is 16.2. The summed E-state index contributed by atoms with van der Waals surface area (Å²) in [5.74, 6) is 1.69. The van der Waals surface area contributed by atoms with Crippen molar-refractivity contribution in [2.45, 2.75) is 63.2 Å². The van der Waals surface area contributed by atoms with Crippen LogP contribution in [0.3, 0.4) is 0 Å². The van der Waals surface area contributed by atoms with E-state index >= 15 is 4.79 Å². The number of ether oxygens (including phenoxy) is 4. The number of fused-ring (bicyclic) bond motifs is 6. The Hall–Kier alpha value is -8.37. The molecule has 12 rings (SSSR count). The molecule has 0 bridgehead atoms. The van der Waals surface area contributed by atoms with Gasteiger partial charge in [0.05, 0.1) is 61.7 Å². The standard InChI is InChI=1S/C60H54N6O8Si/c1-38-56(75(3,4)44-28-26-43(71-2)27-29-44)55(31-33-63-37-40(32-34-67)61-62-63)74-60(38)47-35-42(66-50-16-8-12-20-54(50)73-52-18-10-6-14-46(52)58(66)69)25-30-48(47)64(59(60)70)36-39-21-23-41(24-22-39)65-49-15-7-11-19-53(49)72-51-17-9-5-13-45(51)57(65)68/h5-30,35,37-38,55-56,67H,31-34,36H2,1-4H3/t38-,55+,56-,60+/m1/s1. The zero-order chi connectivity index (χ0) is 51.6. The third-order valence-electron chi connectivity index (χ3n) is 15.5. The third kappa shape index (κ3) is 7.97. The van der Waals surface area contributed by atoms with Crippen molar-refractivity contribution in [3.8, 4) is 28.7 Å². The first-order valence-corrected chi connectivity index (χ1v) is 28.3. The van der Waals surface area contributed by atoms with Gasteiger partial charge in [-0.05, 0) is 109 Å². The van der Waals surface area contributed by atoms with Gasteiger partial charge in [0, 0.05) is 48.6 Å². The van der Waals surface area contributed by atoms with E-state index in [1.54, 1.807) is 45.9 Å². The molecule has 4 aliphatic heterocycles. The fourth-order valence-corrected chi connectivity index (χ4v) is 15.9. The van der Waals surface area contributed by atoms with Gasteiger partial charge < -0.3 is 29.0 Å². The van der Waals surface area contributed by atoms with Crippen LogP contribution in [0.5, 0.6) is 28.7 Å².